The molecule has 8 heteroatoms. The summed E-state index contributed by atoms with van der Waals surface area (Å²) in [7, 11) is -3.95. The van der Waals surface area contributed by atoms with E-state index >= 15 is 0 Å². The summed E-state index contributed by atoms with van der Waals surface area (Å²) in [5, 5.41) is 7.30. The van der Waals surface area contributed by atoms with Crippen LogP contribution in [0.5, 0.6) is 0 Å². The molecule has 6 nitrogen and oxygen atoms in total. The van der Waals surface area contributed by atoms with E-state index in [0.717, 1.165) is 31.0 Å². The Morgan fingerprint density at radius 1 is 1.40 bits per heavy atom. The molecule has 0 saturated carbocycles. The highest BCUT2D eigenvalue weighted by Gasteiger charge is 2.23. The Hall–Kier alpha value is -1.51. The number of amides is 1. The van der Waals surface area contributed by atoms with Crippen molar-refractivity contribution in [3.63, 3.8) is 0 Å². The highest BCUT2D eigenvalue weighted by molar-refractivity contribution is 7.89. The van der Waals surface area contributed by atoms with Crippen molar-refractivity contribution in [2.24, 2.45) is 5.14 Å². The zero-order chi connectivity index (χ0) is 14.8. The van der Waals surface area contributed by atoms with Crippen LogP contribution in [-0.2, 0) is 19.6 Å². The Morgan fingerprint density at radius 3 is 2.75 bits per heavy atom. The molecule has 1 fully saturated rings. The normalized spacial score (nSPS) is 19.6. The lowest BCUT2D eigenvalue weighted by molar-refractivity contribution is -0.130. The number of primary sulfonamides is 1. The second-order valence-electron chi connectivity index (χ2n) is 4.53. The van der Waals surface area contributed by atoms with Crippen molar-refractivity contribution in [2.75, 3.05) is 11.9 Å². The minimum atomic E-state index is -3.95. The topological polar surface area (TPSA) is 98.5 Å². The molecular weight excluding hydrogens is 287 g/mol. The van der Waals surface area contributed by atoms with E-state index in [2.05, 4.69) is 5.32 Å². The zero-order valence-corrected chi connectivity index (χ0v) is 11.5. The van der Waals surface area contributed by atoms with Crippen LogP contribution in [0.2, 0.25) is 0 Å². The first-order valence-corrected chi connectivity index (χ1v) is 7.67. The maximum atomic E-state index is 13.6. The fourth-order valence-corrected chi connectivity index (χ4v) is 2.48. The van der Waals surface area contributed by atoms with E-state index in [1.807, 2.05) is 0 Å². The van der Waals surface area contributed by atoms with E-state index in [1.165, 1.54) is 0 Å². The number of nitrogens with one attached hydrogen (secondary N) is 1. The molecule has 1 aliphatic rings. The van der Waals surface area contributed by atoms with Crippen LogP contribution in [0.15, 0.2) is 23.1 Å². The Balaban J connectivity index is 2.18. The fraction of sp³-hybridized carbons (Fsp3) is 0.417. The number of halogens is 1. The smallest absolute Gasteiger partial charge is 0.253 e. The van der Waals surface area contributed by atoms with Crippen LogP contribution in [0, 0.1) is 5.82 Å². The first-order chi connectivity index (χ1) is 9.38. The van der Waals surface area contributed by atoms with Crippen LogP contribution in [0.25, 0.3) is 0 Å². The number of nitrogens with two attached hydrogens (primary N) is 1. The minimum Gasteiger partial charge on any atom is -0.368 e. The third kappa shape index (κ3) is 3.53. The molecule has 0 bridgehead atoms. The van der Waals surface area contributed by atoms with E-state index in [0.29, 0.717) is 13.0 Å². The number of sulfonamides is 1. The number of hydrogen-bond donors (Lipinski definition) is 2. The molecule has 1 heterocycles. The molecule has 1 saturated heterocycles. The van der Waals surface area contributed by atoms with Gasteiger partial charge in [0.15, 0.2) is 0 Å². The number of carbonyl (C=O) groups is 1. The monoisotopic (exact) mass is 302 g/mol. The predicted octanol–water partition coefficient (Wildman–Crippen LogP) is 0.981. The first-order valence-electron chi connectivity index (χ1n) is 6.13. The van der Waals surface area contributed by atoms with Crippen molar-refractivity contribution in [1.29, 1.82) is 0 Å². The summed E-state index contributed by atoms with van der Waals surface area (Å²) in [5.41, 5.74) is -0.226. The van der Waals surface area contributed by atoms with Gasteiger partial charge in [-0.15, -0.1) is 0 Å². The van der Waals surface area contributed by atoms with Gasteiger partial charge in [0.05, 0.1) is 10.6 Å². The lowest BCUT2D eigenvalue weighted by Gasteiger charge is -2.21. The van der Waals surface area contributed by atoms with Crippen LogP contribution in [0.3, 0.4) is 0 Å². The van der Waals surface area contributed by atoms with Crippen LogP contribution in [0.1, 0.15) is 19.3 Å². The molecule has 0 radical (unpaired) electrons. The van der Waals surface area contributed by atoms with Gasteiger partial charge in [-0.25, -0.2) is 17.9 Å². The molecule has 20 heavy (non-hydrogen) atoms. The standard InChI is InChI=1S/C12H15FN2O4S/c13-9-5-4-8(20(14,17)18)7-10(9)15-12(16)11-3-1-2-6-19-11/h4-5,7,11H,1-3,6H2,(H,15,16)(H2,14,17,18). The average molecular weight is 302 g/mol. The predicted molar refractivity (Wildman–Crippen MR) is 70.0 cm³/mol. The van der Waals surface area contributed by atoms with Gasteiger partial charge in [-0.1, -0.05) is 0 Å². The Morgan fingerprint density at radius 2 is 2.15 bits per heavy atom. The van der Waals surface area contributed by atoms with Crippen molar-refractivity contribution < 1.29 is 22.3 Å². The van der Waals surface area contributed by atoms with Gasteiger partial charge in [-0.05, 0) is 37.5 Å². The van der Waals surface area contributed by atoms with Gasteiger partial charge in [0.1, 0.15) is 11.9 Å². The molecule has 2 rings (SSSR count). The lowest BCUT2D eigenvalue weighted by atomic mass is 10.1. The highest BCUT2D eigenvalue weighted by Crippen LogP contribution is 2.20. The number of rotatable bonds is 3. The van der Waals surface area contributed by atoms with Crippen LogP contribution >= 0.6 is 0 Å². The largest absolute Gasteiger partial charge is 0.368 e. The van der Waals surface area contributed by atoms with Crippen molar-refractivity contribution in [3.8, 4) is 0 Å². The van der Waals surface area contributed by atoms with Crippen molar-refractivity contribution >= 4 is 21.6 Å². The summed E-state index contributed by atoms with van der Waals surface area (Å²) >= 11 is 0. The van der Waals surface area contributed by atoms with Crippen molar-refractivity contribution in [2.45, 2.75) is 30.3 Å². The molecule has 1 atom stereocenters. The van der Waals surface area contributed by atoms with Crippen molar-refractivity contribution in [1.82, 2.24) is 0 Å². The summed E-state index contributed by atoms with van der Waals surface area (Å²) in [6.07, 6.45) is 1.67. The van der Waals surface area contributed by atoms with E-state index in [9.17, 15) is 17.6 Å². The van der Waals surface area contributed by atoms with E-state index in [-0.39, 0.29) is 10.6 Å². The van der Waals surface area contributed by atoms with Gasteiger partial charge >= 0.3 is 0 Å². The van der Waals surface area contributed by atoms with Gasteiger partial charge in [0.25, 0.3) is 5.91 Å². The number of anilines is 1. The summed E-state index contributed by atoms with van der Waals surface area (Å²) in [6, 6.07) is 2.97. The molecule has 0 spiro atoms. The molecule has 1 aromatic carbocycles. The Kier molecular flexibility index (Phi) is 4.36. The van der Waals surface area contributed by atoms with Crippen LogP contribution < -0.4 is 10.5 Å². The first kappa shape index (κ1) is 14.9. The van der Waals surface area contributed by atoms with Gasteiger partial charge in [0, 0.05) is 6.61 Å². The molecule has 1 aliphatic heterocycles. The fourth-order valence-electron chi connectivity index (χ4n) is 1.94. The summed E-state index contributed by atoms with van der Waals surface area (Å²) in [6.45, 7) is 0.484. The van der Waals surface area contributed by atoms with Gasteiger partial charge in [0.2, 0.25) is 10.0 Å². The third-order valence-corrected chi connectivity index (χ3v) is 3.91. The molecule has 1 unspecified atom stereocenters. The second kappa shape index (κ2) is 5.86. The van der Waals surface area contributed by atoms with E-state index < -0.39 is 27.9 Å². The molecule has 110 valence electrons. The third-order valence-electron chi connectivity index (χ3n) is 3.00. The molecule has 3 N–H and O–H groups in total. The minimum absolute atomic E-state index is 0.226. The highest BCUT2D eigenvalue weighted by atomic mass is 32.2. The van der Waals surface area contributed by atoms with Gasteiger partial charge < -0.3 is 10.1 Å². The van der Waals surface area contributed by atoms with Crippen LogP contribution in [-0.4, -0.2) is 27.0 Å². The lowest BCUT2D eigenvalue weighted by Crippen LogP contribution is -2.33. The van der Waals surface area contributed by atoms with E-state index in [1.54, 1.807) is 0 Å². The quantitative estimate of drug-likeness (QED) is 0.869. The molecule has 0 aliphatic carbocycles. The van der Waals surface area contributed by atoms with E-state index in [4.69, 9.17) is 9.88 Å². The summed E-state index contributed by atoms with van der Waals surface area (Å²) in [5.74, 6) is -1.23. The van der Waals surface area contributed by atoms with Crippen molar-refractivity contribution in [3.05, 3.63) is 24.0 Å². The summed E-state index contributed by atoms with van der Waals surface area (Å²) < 4.78 is 41.3. The average Bonchev–Trinajstić information content (AvgIpc) is 2.41. The maximum absolute atomic E-state index is 13.6. The molecule has 0 aromatic heterocycles. The van der Waals surface area contributed by atoms with Crippen LogP contribution in [0.4, 0.5) is 10.1 Å². The second-order valence-corrected chi connectivity index (χ2v) is 6.09. The Labute approximate surface area is 116 Å². The number of ether oxygens (including phenoxy) is 1. The number of hydrogen-bond acceptors (Lipinski definition) is 4. The zero-order valence-electron chi connectivity index (χ0n) is 10.6. The molecule has 1 amide bonds. The number of carbonyl (C=O) groups excluding carboxylic acids is 1. The molecule has 1 aromatic rings. The van der Waals surface area contributed by atoms with Gasteiger partial charge in [-0.3, -0.25) is 4.79 Å². The summed E-state index contributed by atoms with van der Waals surface area (Å²) in [4.78, 5) is 11.6. The Bertz CT molecular complexity index is 612. The van der Waals surface area contributed by atoms with Gasteiger partial charge in [-0.2, -0.15) is 0 Å². The number of benzene rings is 1. The molecular formula is C12H15FN2O4S. The SMILES string of the molecule is NS(=O)(=O)c1ccc(F)c(NC(=O)C2CCCCO2)c1. The maximum Gasteiger partial charge on any atom is 0.253 e.